The third-order valence-corrected chi connectivity index (χ3v) is 4.19. The molecule has 3 nitrogen and oxygen atoms in total. The number of pyridine rings is 1. The predicted molar refractivity (Wildman–Crippen MR) is 87.2 cm³/mol. The molecule has 3 heteroatoms. The molecule has 1 N–H and O–H groups in total. The molecule has 21 heavy (non-hydrogen) atoms. The van der Waals surface area contributed by atoms with E-state index in [9.17, 15) is 0 Å². The van der Waals surface area contributed by atoms with Crippen LogP contribution in [0.5, 0.6) is 0 Å². The molecule has 1 aromatic carbocycles. The first kappa shape index (κ1) is 15.7. The van der Waals surface area contributed by atoms with Crippen molar-refractivity contribution in [1.82, 2.24) is 9.88 Å². The molecule has 2 aromatic rings. The van der Waals surface area contributed by atoms with Gasteiger partial charge in [0.05, 0.1) is 6.61 Å². The number of aliphatic hydroxyl groups excluding tert-OH is 1. The number of likely N-dealkylation sites (N-methyl/N-ethyl adjacent to an activating group) is 1. The lowest BCUT2D eigenvalue weighted by molar-refractivity contribution is 0.122. The molecule has 1 heterocycles. The Morgan fingerprint density at radius 2 is 1.76 bits per heavy atom. The van der Waals surface area contributed by atoms with Gasteiger partial charge < -0.3 is 5.11 Å². The van der Waals surface area contributed by atoms with E-state index in [1.807, 2.05) is 19.4 Å². The molecule has 0 spiro atoms. The number of benzene rings is 1. The monoisotopic (exact) mass is 284 g/mol. The van der Waals surface area contributed by atoms with Gasteiger partial charge in [0.2, 0.25) is 0 Å². The van der Waals surface area contributed by atoms with Crippen molar-refractivity contribution >= 4 is 0 Å². The van der Waals surface area contributed by atoms with Crippen LogP contribution in [-0.4, -0.2) is 35.2 Å². The summed E-state index contributed by atoms with van der Waals surface area (Å²) in [5, 5.41) is 9.12. The van der Waals surface area contributed by atoms with Crippen LogP contribution in [0.4, 0.5) is 0 Å². The van der Waals surface area contributed by atoms with Crippen molar-refractivity contribution in [2.24, 2.45) is 0 Å². The summed E-state index contributed by atoms with van der Waals surface area (Å²) in [6.45, 7) is 7.24. The Bertz CT molecular complexity index is 590. The summed E-state index contributed by atoms with van der Waals surface area (Å²) in [6, 6.07) is 10.7. The van der Waals surface area contributed by atoms with E-state index in [-0.39, 0.29) is 12.1 Å². The van der Waals surface area contributed by atoms with Crippen LogP contribution in [0.3, 0.4) is 0 Å². The van der Waals surface area contributed by atoms with Gasteiger partial charge in [0.25, 0.3) is 0 Å². The maximum atomic E-state index is 9.12. The molecule has 0 amide bonds. The predicted octanol–water partition coefficient (Wildman–Crippen LogP) is 3.22. The number of aromatic nitrogens is 1. The van der Waals surface area contributed by atoms with E-state index in [1.54, 1.807) is 0 Å². The Morgan fingerprint density at radius 3 is 2.33 bits per heavy atom. The minimum Gasteiger partial charge on any atom is -0.395 e. The maximum Gasteiger partial charge on any atom is 0.0558 e. The summed E-state index contributed by atoms with van der Waals surface area (Å²) in [5.41, 5.74) is 4.62. The second kappa shape index (κ2) is 6.37. The summed E-state index contributed by atoms with van der Waals surface area (Å²) >= 11 is 0. The summed E-state index contributed by atoms with van der Waals surface area (Å²) in [6.07, 6.45) is 3.76. The van der Waals surface area contributed by atoms with Crippen LogP contribution in [0.2, 0.25) is 0 Å². The summed E-state index contributed by atoms with van der Waals surface area (Å²) < 4.78 is 0. The van der Waals surface area contributed by atoms with Crippen molar-refractivity contribution in [3.05, 3.63) is 53.9 Å². The van der Waals surface area contributed by atoms with Gasteiger partial charge in [-0.2, -0.15) is 0 Å². The largest absolute Gasteiger partial charge is 0.395 e. The van der Waals surface area contributed by atoms with Gasteiger partial charge in [-0.1, -0.05) is 24.3 Å². The highest BCUT2D eigenvalue weighted by Gasteiger charge is 2.25. The zero-order chi connectivity index (χ0) is 15.5. The van der Waals surface area contributed by atoms with Crippen LogP contribution in [0.1, 0.15) is 25.0 Å². The fourth-order valence-electron chi connectivity index (χ4n) is 2.43. The number of rotatable bonds is 5. The second-order valence-electron chi connectivity index (χ2n) is 6.03. The van der Waals surface area contributed by atoms with Crippen LogP contribution in [-0.2, 0) is 5.54 Å². The van der Waals surface area contributed by atoms with Gasteiger partial charge in [-0.3, -0.25) is 9.88 Å². The van der Waals surface area contributed by atoms with Crippen LogP contribution in [0, 0.1) is 6.92 Å². The lowest BCUT2D eigenvalue weighted by Gasteiger charge is -2.36. The Labute approximate surface area is 127 Å². The first-order valence-corrected chi connectivity index (χ1v) is 7.30. The Hall–Kier alpha value is -1.71. The lowest BCUT2D eigenvalue weighted by atomic mass is 9.91. The van der Waals surface area contributed by atoms with E-state index in [2.05, 4.69) is 61.0 Å². The Balaban J connectivity index is 2.26. The van der Waals surface area contributed by atoms with Gasteiger partial charge >= 0.3 is 0 Å². The molecule has 0 saturated heterocycles. The summed E-state index contributed by atoms with van der Waals surface area (Å²) in [4.78, 5) is 6.41. The second-order valence-corrected chi connectivity index (χ2v) is 6.03. The molecular weight excluding hydrogens is 260 g/mol. The fourth-order valence-corrected chi connectivity index (χ4v) is 2.43. The van der Waals surface area contributed by atoms with Crippen LogP contribution in [0.15, 0.2) is 42.7 Å². The molecule has 1 aromatic heterocycles. The smallest absolute Gasteiger partial charge is 0.0558 e. The zero-order valence-electron chi connectivity index (χ0n) is 13.3. The Kier molecular flexibility index (Phi) is 4.76. The van der Waals surface area contributed by atoms with Gasteiger partial charge in [-0.15, -0.1) is 0 Å². The van der Waals surface area contributed by atoms with E-state index < -0.39 is 0 Å². The molecule has 0 unspecified atom stereocenters. The number of aliphatic hydroxyl groups is 1. The molecule has 0 aliphatic heterocycles. The number of nitrogens with zero attached hydrogens (tertiary/aromatic N) is 2. The first-order chi connectivity index (χ1) is 9.95. The van der Waals surface area contributed by atoms with Gasteiger partial charge in [0.1, 0.15) is 0 Å². The molecule has 0 aliphatic rings. The molecule has 0 aliphatic carbocycles. The number of hydrogen-bond acceptors (Lipinski definition) is 3. The van der Waals surface area contributed by atoms with Crippen molar-refractivity contribution in [2.45, 2.75) is 26.3 Å². The molecule has 0 fully saturated rings. The molecule has 0 radical (unpaired) electrons. The van der Waals surface area contributed by atoms with E-state index in [4.69, 9.17) is 5.11 Å². The highest BCUT2D eigenvalue weighted by Crippen LogP contribution is 2.28. The maximum absolute atomic E-state index is 9.12. The van der Waals surface area contributed by atoms with Crippen molar-refractivity contribution in [2.75, 3.05) is 20.2 Å². The average Bonchev–Trinajstić information content (AvgIpc) is 2.47. The zero-order valence-corrected chi connectivity index (χ0v) is 13.3. The number of hydrogen-bond donors (Lipinski definition) is 1. The summed E-state index contributed by atoms with van der Waals surface area (Å²) in [5.74, 6) is 0. The molecule has 2 rings (SSSR count). The van der Waals surface area contributed by atoms with Crippen molar-refractivity contribution < 1.29 is 5.11 Å². The van der Waals surface area contributed by atoms with Crippen molar-refractivity contribution in [3.8, 4) is 11.1 Å². The van der Waals surface area contributed by atoms with Gasteiger partial charge in [-0.05, 0) is 50.6 Å². The lowest BCUT2D eigenvalue weighted by Crippen LogP contribution is -2.40. The minimum atomic E-state index is -0.105. The molecular formula is C18H24N2O. The molecule has 0 saturated carbocycles. The highest BCUT2D eigenvalue weighted by molar-refractivity contribution is 5.63. The first-order valence-electron chi connectivity index (χ1n) is 7.30. The van der Waals surface area contributed by atoms with E-state index >= 15 is 0 Å². The van der Waals surface area contributed by atoms with Gasteiger partial charge in [0.15, 0.2) is 0 Å². The van der Waals surface area contributed by atoms with Crippen LogP contribution >= 0.6 is 0 Å². The molecule has 112 valence electrons. The fraction of sp³-hybridized carbons (Fsp3) is 0.389. The van der Waals surface area contributed by atoms with E-state index in [1.165, 1.54) is 16.7 Å². The van der Waals surface area contributed by atoms with Gasteiger partial charge in [-0.25, -0.2) is 0 Å². The highest BCUT2D eigenvalue weighted by atomic mass is 16.3. The topological polar surface area (TPSA) is 36.4 Å². The van der Waals surface area contributed by atoms with Gasteiger partial charge in [0, 0.05) is 30.0 Å². The Morgan fingerprint density at radius 1 is 1.10 bits per heavy atom. The third-order valence-electron chi connectivity index (χ3n) is 4.19. The van der Waals surface area contributed by atoms with Crippen molar-refractivity contribution in [3.63, 3.8) is 0 Å². The molecule has 0 bridgehead atoms. The average molecular weight is 284 g/mol. The summed E-state index contributed by atoms with van der Waals surface area (Å²) in [7, 11) is 2.04. The number of aryl methyl sites for hydroxylation is 1. The standard InChI is InChI=1S/C18H24N2O/c1-14-11-16(13-19-12-14)15-5-7-17(8-6-15)18(2,3)20(4)9-10-21/h5-8,11-13,21H,9-10H2,1-4H3. The van der Waals surface area contributed by atoms with Crippen LogP contribution < -0.4 is 0 Å². The third kappa shape index (κ3) is 3.49. The quantitative estimate of drug-likeness (QED) is 0.916. The van der Waals surface area contributed by atoms with E-state index in [0.717, 1.165) is 5.56 Å². The van der Waals surface area contributed by atoms with Crippen molar-refractivity contribution in [1.29, 1.82) is 0 Å². The van der Waals surface area contributed by atoms with E-state index in [0.29, 0.717) is 6.54 Å². The minimum absolute atomic E-state index is 0.105. The SMILES string of the molecule is Cc1cncc(-c2ccc(C(C)(C)N(C)CCO)cc2)c1. The molecule has 0 atom stereocenters. The normalized spacial score (nSPS) is 11.9. The van der Waals surface area contributed by atoms with Crippen LogP contribution in [0.25, 0.3) is 11.1 Å².